The molecule has 0 aliphatic carbocycles. The fourth-order valence-corrected chi connectivity index (χ4v) is 5.25. The number of carbonyl (C=O) groups excluding carboxylic acids is 2. The molecular formula is C28H20Cl2N2O4. The first-order valence-corrected chi connectivity index (χ1v) is 12.2. The minimum atomic E-state index is -0.980. The van der Waals surface area contributed by atoms with E-state index in [0.29, 0.717) is 38.5 Å². The number of hydroxylamine groups is 1. The quantitative estimate of drug-likeness (QED) is 0.284. The van der Waals surface area contributed by atoms with Crippen LogP contribution in [0.25, 0.3) is 11.3 Å². The van der Waals surface area contributed by atoms with Crippen molar-refractivity contribution in [3.05, 3.63) is 106 Å². The molecule has 3 heterocycles. The number of imide groups is 1. The number of aryl methyl sites for hydroxylation is 1. The molecule has 1 aromatic heterocycles. The third kappa shape index (κ3) is 3.69. The summed E-state index contributed by atoms with van der Waals surface area (Å²) in [5, 5.41) is 2.60. The van der Waals surface area contributed by atoms with Gasteiger partial charge in [-0.05, 0) is 67.1 Å². The van der Waals surface area contributed by atoms with Crippen LogP contribution in [-0.2, 0) is 14.4 Å². The summed E-state index contributed by atoms with van der Waals surface area (Å²) in [4.78, 5) is 34.6. The van der Waals surface area contributed by atoms with Crippen LogP contribution in [0.3, 0.4) is 0 Å². The molecular weight excluding hydrogens is 499 g/mol. The van der Waals surface area contributed by atoms with Crippen molar-refractivity contribution in [1.82, 2.24) is 0 Å². The molecule has 6 nitrogen and oxygen atoms in total. The molecule has 6 rings (SSSR count). The molecule has 2 aliphatic rings. The van der Waals surface area contributed by atoms with Crippen LogP contribution in [0.5, 0.6) is 0 Å². The van der Waals surface area contributed by atoms with Gasteiger partial charge in [-0.15, -0.1) is 0 Å². The number of halogens is 2. The Hall–Kier alpha value is -3.58. The Balaban J connectivity index is 1.43. The summed E-state index contributed by atoms with van der Waals surface area (Å²) in [7, 11) is 0. The Morgan fingerprint density at radius 3 is 2.36 bits per heavy atom. The average molecular weight is 519 g/mol. The number of hydrogen-bond acceptors (Lipinski definition) is 5. The Labute approximate surface area is 217 Å². The molecule has 180 valence electrons. The zero-order valence-corrected chi connectivity index (χ0v) is 20.6. The molecule has 0 unspecified atom stereocenters. The second-order valence-electron chi connectivity index (χ2n) is 8.84. The lowest BCUT2D eigenvalue weighted by molar-refractivity contribution is -0.126. The van der Waals surface area contributed by atoms with Crippen LogP contribution in [0, 0.1) is 12.8 Å². The van der Waals surface area contributed by atoms with Crippen molar-refractivity contribution >= 4 is 46.4 Å². The number of amides is 2. The van der Waals surface area contributed by atoms with E-state index < -0.39 is 24.0 Å². The molecule has 2 aliphatic heterocycles. The molecule has 2 fully saturated rings. The van der Waals surface area contributed by atoms with Gasteiger partial charge in [-0.1, -0.05) is 53.5 Å². The molecule has 36 heavy (non-hydrogen) atoms. The summed E-state index contributed by atoms with van der Waals surface area (Å²) in [6, 6.07) is 24.7. The smallest absolute Gasteiger partial charge is 0.266 e. The van der Waals surface area contributed by atoms with E-state index in [9.17, 15) is 9.59 Å². The van der Waals surface area contributed by atoms with Crippen LogP contribution in [-0.4, -0.2) is 17.9 Å². The maximum Gasteiger partial charge on any atom is 0.266 e. The number of hydrogen-bond donors (Lipinski definition) is 0. The van der Waals surface area contributed by atoms with Gasteiger partial charge in [0.05, 0.1) is 16.4 Å². The van der Waals surface area contributed by atoms with E-state index in [1.165, 1.54) is 4.90 Å². The standard InChI is InChI=1S/C28H20Cl2N2O4/c1-16-6-5-9-19(14-16)31-27(33)24-25(32(36-26(24)28(31)34)18-7-3-2-4-8-18)23-13-12-22(35-23)20-15-17(29)10-11-21(20)30/h2-15,24-26H,1H3/t24-,25+,26-/m1/s1. The highest BCUT2D eigenvalue weighted by atomic mass is 35.5. The molecule has 2 saturated heterocycles. The van der Waals surface area contributed by atoms with Crippen molar-refractivity contribution in [2.75, 3.05) is 9.96 Å². The zero-order chi connectivity index (χ0) is 25.0. The highest BCUT2D eigenvalue weighted by molar-refractivity contribution is 6.35. The summed E-state index contributed by atoms with van der Waals surface area (Å²) in [6.07, 6.45) is -0.980. The second-order valence-corrected chi connectivity index (χ2v) is 9.68. The van der Waals surface area contributed by atoms with E-state index in [1.807, 2.05) is 55.5 Å². The van der Waals surface area contributed by atoms with Crippen LogP contribution in [0.15, 0.2) is 89.3 Å². The highest BCUT2D eigenvalue weighted by Crippen LogP contribution is 2.48. The summed E-state index contributed by atoms with van der Waals surface area (Å²) >= 11 is 12.6. The third-order valence-electron chi connectivity index (χ3n) is 6.50. The van der Waals surface area contributed by atoms with Crippen LogP contribution >= 0.6 is 23.2 Å². The highest BCUT2D eigenvalue weighted by Gasteiger charge is 2.61. The predicted octanol–water partition coefficient (Wildman–Crippen LogP) is 6.61. The van der Waals surface area contributed by atoms with Gasteiger partial charge in [0, 0.05) is 10.6 Å². The van der Waals surface area contributed by atoms with E-state index in [1.54, 1.807) is 41.5 Å². The molecule has 4 aromatic rings. The molecule has 0 spiro atoms. The number of benzene rings is 3. The number of anilines is 2. The largest absolute Gasteiger partial charge is 0.459 e. The normalized spacial score (nSPS) is 21.4. The summed E-state index contributed by atoms with van der Waals surface area (Å²) in [6.45, 7) is 1.91. The maximum atomic E-state index is 13.8. The fourth-order valence-electron chi connectivity index (χ4n) is 4.87. The molecule has 3 aromatic carbocycles. The van der Waals surface area contributed by atoms with E-state index in [4.69, 9.17) is 32.5 Å². The monoisotopic (exact) mass is 518 g/mol. The number of para-hydroxylation sites is 1. The fraction of sp³-hybridized carbons (Fsp3) is 0.143. The Morgan fingerprint density at radius 2 is 1.58 bits per heavy atom. The molecule has 8 heteroatoms. The molecule has 0 radical (unpaired) electrons. The van der Waals surface area contributed by atoms with Crippen molar-refractivity contribution in [1.29, 1.82) is 0 Å². The topological polar surface area (TPSA) is 63.0 Å². The SMILES string of the molecule is Cc1cccc(N2C(=O)[C@H]3[C@@H](ON(c4ccccc4)[C@H]3c3ccc(-c4cc(Cl)ccc4Cl)o3)C2=O)c1. The minimum absolute atomic E-state index is 0.335. The second kappa shape index (κ2) is 8.82. The lowest BCUT2D eigenvalue weighted by Crippen LogP contribution is -2.37. The zero-order valence-electron chi connectivity index (χ0n) is 19.1. The van der Waals surface area contributed by atoms with Crippen molar-refractivity contribution in [3.8, 4) is 11.3 Å². The first-order valence-electron chi connectivity index (χ1n) is 11.4. The van der Waals surface area contributed by atoms with Crippen molar-refractivity contribution < 1.29 is 18.8 Å². The van der Waals surface area contributed by atoms with Crippen molar-refractivity contribution in [3.63, 3.8) is 0 Å². The van der Waals surface area contributed by atoms with Gasteiger partial charge in [-0.25, -0.2) is 9.96 Å². The number of fused-ring (bicyclic) bond motifs is 1. The molecule has 3 atom stereocenters. The number of rotatable bonds is 4. The van der Waals surface area contributed by atoms with Gasteiger partial charge < -0.3 is 4.42 Å². The summed E-state index contributed by atoms with van der Waals surface area (Å²) < 4.78 is 6.25. The van der Waals surface area contributed by atoms with E-state index >= 15 is 0 Å². The number of carbonyl (C=O) groups is 2. The Bertz CT molecular complexity index is 1490. The van der Waals surface area contributed by atoms with Crippen molar-refractivity contribution in [2.45, 2.75) is 19.1 Å². The molecule has 0 N–H and O–H groups in total. The van der Waals surface area contributed by atoms with Gasteiger partial charge >= 0.3 is 0 Å². The first-order chi connectivity index (χ1) is 17.4. The van der Waals surface area contributed by atoms with Gasteiger partial charge in [0.15, 0.2) is 6.10 Å². The average Bonchev–Trinajstić information content (AvgIpc) is 3.56. The summed E-state index contributed by atoms with van der Waals surface area (Å²) in [5.74, 6) is -0.556. The van der Waals surface area contributed by atoms with Gasteiger partial charge in [0.1, 0.15) is 23.5 Å². The van der Waals surface area contributed by atoms with Gasteiger partial charge in [-0.3, -0.25) is 14.4 Å². The lowest BCUT2D eigenvalue weighted by atomic mass is 9.94. The third-order valence-corrected chi connectivity index (χ3v) is 7.06. The minimum Gasteiger partial charge on any atom is -0.459 e. The number of furan rings is 1. The predicted molar refractivity (Wildman–Crippen MR) is 138 cm³/mol. The summed E-state index contributed by atoms with van der Waals surface area (Å²) in [5.41, 5.74) is 2.81. The first kappa shape index (κ1) is 22.9. The van der Waals surface area contributed by atoms with Crippen LogP contribution < -0.4 is 9.96 Å². The van der Waals surface area contributed by atoms with E-state index in [-0.39, 0.29) is 5.91 Å². The van der Waals surface area contributed by atoms with E-state index in [0.717, 1.165) is 5.56 Å². The molecule has 0 bridgehead atoms. The van der Waals surface area contributed by atoms with Gasteiger partial charge in [0.25, 0.3) is 5.91 Å². The van der Waals surface area contributed by atoms with Crippen LogP contribution in [0.2, 0.25) is 10.0 Å². The molecule has 0 saturated carbocycles. The maximum absolute atomic E-state index is 13.8. The van der Waals surface area contributed by atoms with Crippen LogP contribution in [0.1, 0.15) is 17.4 Å². The number of nitrogens with zero attached hydrogens (tertiary/aromatic N) is 2. The Kier molecular flexibility index (Phi) is 5.60. The van der Waals surface area contributed by atoms with Crippen molar-refractivity contribution in [2.24, 2.45) is 5.92 Å². The van der Waals surface area contributed by atoms with Gasteiger partial charge in [-0.2, -0.15) is 0 Å². The lowest BCUT2D eigenvalue weighted by Gasteiger charge is -2.27. The van der Waals surface area contributed by atoms with Gasteiger partial charge in [0.2, 0.25) is 5.91 Å². The molecule has 2 amide bonds. The Morgan fingerprint density at radius 1 is 0.806 bits per heavy atom. The van der Waals surface area contributed by atoms with Crippen LogP contribution in [0.4, 0.5) is 11.4 Å². The van der Waals surface area contributed by atoms with E-state index in [2.05, 4.69) is 0 Å².